The third kappa shape index (κ3) is 6.57. The SMILES string of the molecule is C[C@H](NC(=O)c1ccc(OC/C(F)=C\CN)cc1)c1ccccc1.Cl. The Kier molecular flexibility index (Phi) is 8.67. The molecule has 0 aliphatic heterocycles. The molecule has 0 saturated heterocycles. The third-order valence-corrected chi connectivity index (χ3v) is 3.48. The second-order valence-electron chi connectivity index (χ2n) is 5.31. The molecule has 1 amide bonds. The van der Waals surface area contributed by atoms with E-state index < -0.39 is 5.83 Å². The number of carbonyl (C=O) groups is 1. The highest BCUT2D eigenvalue weighted by Gasteiger charge is 2.11. The minimum atomic E-state index is -0.420. The van der Waals surface area contributed by atoms with Crippen molar-refractivity contribution in [3.63, 3.8) is 0 Å². The number of amides is 1. The second kappa shape index (κ2) is 10.5. The Labute approximate surface area is 153 Å². The number of hydrogen-bond acceptors (Lipinski definition) is 3. The van der Waals surface area contributed by atoms with Gasteiger partial charge in [-0.05, 0) is 42.8 Å². The summed E-state index contributed by atoms with van der Waals surface area (Å²) >= 11 is 0. The molecule has 134 valence electrons. The van der Waals surface area contributed by atoms with Crippen molar-refractivity contribution in [2.24, 2.45) is 5.73 Å². The van der Waals surface area contributed by atoms with Crippen molar-refractivity contribution in [2.45, 2.75) is 13.0 Å². The Morgan fingerprint density at radius 2 is 1.84 bits per heavy atom. The summed E-state index contributed by atoms with van der Waals surface area (Å²) in [6.07, 6.45) is 1.26. The fourth-order valence-corrected chi connectivity index (χ4v) is 2.15. The van der Waals surface area contributed by atoms with Crippen molar-refractivity contribution in [3.05, 3.63) is 77.6 Å². The molecule has 0 aliphatic rings. The summed E-state index contributed by atoms with van der Waals surface area (Å²) < 4.78 is 18.5. The largest absolute Gasteiger partial charge is 0.487 e. The summed E-state index contributed by atoms with van der Waals surface area (Å²) in [5, 5.41) is 2.94. The van der Waals surface area contributed by atoms with Gasteiger partial charge >= 0.3 is 0 Å². The van der Waals surface area contributed by atoms with Crippen LogP contribution in [0, 0.1) is 0 Å². The minimum Gasteiger partial charge on any atom is -0.487 e. The first-order valence-corrected chi connectivity index (χ1v) is 7.73. The molecule has 0 unspecified atom stereocenters. The first-order valence-electron chi connectivity index (χ1n) is 7.73. The smallest absolute Gasteiger partial charge is 0.251 e. The highest BCUT2D eigenvalue weighted by atomic mass is 35.5. The zero-order chi connectivity index (χ0) is 17.4. The molecule has 1 atom stereocenters. The van der Waals surface area contributed by atoms with Crippen molar-refractivity contribution in [2.75, 3.05) is 13.2 Å². The predicted octanol–water partition coefficient (Wildman–Crippen LogP) is 3.79. The van der Waals surface area contributed by atoms with Gasteiger partial charge in [0.1, 0.15) is 18.2 Å². The number of nitrogens with one attached hydrogen (secondary N) is 1. The van der Waals surface area contributed by atoms with Gasteiger partial charge in [-0.15, -0.1) is 12.4 Å². The van der Waals surface area contributed by atoms with Crippen LogP contribution in [0.25, 0.3) is 0 Å². The van der Waals surface area contributed by atoms with E-state index in [9.17, 15) is 9.18 Å². The zero-order valence-corrected chi connectivity index (χ0v) is 14.8. The van der Waals surface area contributed by atoms with Gasteiger partial charge in [-0.2, -0.15) is 0 Å². The molecule has 0 aliphatic carbocycles. The van der Waals surface area contributed by atoms with Gasteiger partial charge in [-0.25, -0.2) is 4.39 Å². The topological polar surface area (TPSA) is 64.3 Å². The number of halogens is 2. The Morgan fingerprint density at radius 1 is 1.20 bits per heavy atom. The van der Waals surface area contributed by atoms with Crippen LogP contribution in [0.1, 0.15) is 28.9 Å². The first kappa shape index (κ1) is 20.7. The van der Waals surface area contributed by atoms with E-state index in [4.69, 9.17) is 10.5 Å². The van der Waals surface area contributed by atoms with Crippen molar-refractivity contribution in [1.82, 2.24) is 5.32 Å². The zero-order valence-electron chi connectivity index (χ0n) is 13.9. The molecule has 6 heteroatoms. The van der Waals surface area contributed by atoms with Gasteiger partial charge < -0.3 is 15.8 Å². The number of hydrogen-bond donors (Lipinski definition) is 2. The van der Waals surface area contributed by atoms with E-state index in [-0.39, 0.29) is 37.5 Å². The van der Waals surface area contributed by atoms with E-state index in [1.807, 2.05) is 37.3 Å². The monoisotopic (exact) mass is 364 g/mol. The van der Waals surface area contributed by atoms with E-state index in [1.165, 1.54) is 6.08 Å². The Balaban J connectivity index is 0.00000312. The molecule has 25 heavy (non-hydrogen) atoms. The molecule has 2 rings (SSSR count). The van der Waals surface area contributed by atoms with E-state index in [0.29, 0.717) is 11.3 Å². The van der Waals surface area contributed by atoms with Crippen LogP contribution in [0.4, 0.5) is 4.39 Å². The molecular weight excluding hydrogens is 343 g/mol. The normalized spacial score (nSPS) is 12.0. The average Bonchev–Trinajstić information content (AvgIpc) is 2.61. The van der Waals surface area contributed by atoms with Crippen molar-refractivity contribution in [1.29, 1.82) is 0 Å². The van der Waals surface area contributed by atoms with Crippen LogP contribution in [0.15, 0.2) is 66.5 Å². The molecular formula is C19H22ClFN2O2. The molecule has 0 radical (unpaired) electrons. The molecule has 0 aromatic heterocycles. The molecule has 0 saturated carbocycles. The van der Waals surface area contributed by atoms with Crippen LogP contribution in [-0.2, 0) is 0 Å². The summed E-state index contributed by atoms with van der Waals surface area (Å²) in [5.74, 6) is -0.105. The Hall–Kier alpha value is -2.37. The van der Waals surface area contributed by atoms with Crippen LogP contribution >= 0.6 is 12.4 Å². The van der Waals surface area contributed by atoms with Gasteiger partial charge in [0.15, 0.2) is 0 Å². The van der Waals surface area contributed by atoms with Gasteiger partial charge in [-0.3, -0.25) is 4.79 Å². The summed E-state index contributed by atoms with van der Waals surface area (Å²) in [6, 6.07) is 16.2. The quantitative estimate of drug-likeness (QED) is 0.785. The summed E-state index contributed by atoms with van der Waals surface area (Å²) in [7, 11) is 0. The molecule has 0 fully saturated rings. The standard InChI is InChI=1S/C19H21FN2O2.ClH/c1-14(15-5-3-2-4-6-15)22-19(23)16-7-9-18(10-8-16)24-13-17(20)11-12-21;/h2-11,14H,12-13,21H2,1H3,(H,22,23);1H/b17-11+;/t14-;/m0./s1. The van der Waals surface area contributed by atoms with Gasteiger partial charge in [0, 0.05) is 12.1 Å². The number of ether oxygens (including phenoxy) is 1. The molecule has 0 spiro atoms. The Bertz CT molecular complexity index is 690. The maximum atomic E-state index is 13.2. The fourth-order valence-electron chi connectivity index (χ4n) is 2.15. The van der Waals surface area contributed by atoms with E-state index >= 15 is 0 Å². The number of rotatable bonds is 7. The first-order chi connectivity index (χ1) is 11.6. The summed E-state index contributed by atoms with van der Waals surface area (Å²) in [5.41, 5.74) is 6.77. The highest BCUT2D eigenvalue weighted by Crippen LogP contribution is 2.16. The van der Waals surface area contributed by atoms with Crippen LogP contribution < -0.4 is 15.8 Å². The summed E-state index contributed by atoms with van der Waals surface area (Å²) in [6.45, 7) is 1.89. The van der Waals surface area contributed by atoms with Crippen LogP contribution in [0.2, 0.25) is 0 Å². The van der Waals surface area contributed by atoms with Gasteiger partial charge in [-0.1, -0.05) is 30.3 Å². The molecule has 2 aromatic carbocycles. The van der Waals surface area contributed by atoms with Crippen molar-refractivity contribution >= 4 is 18.3 Å². The third-order valence-electron chi connectivity index (χ3n) is 3.48. The molecule has 0 heterocycles. The molecule has 2 aromatic rings. The van der Waals surface area contributed by atoms with Gasteiger partial charge in [0.05, 0.1) is 6.04 Å². The lowest BCUT2D eigenvalue weighted by Crippen LogP contribution is -2.26. The van der Waals surface area contributed by atoms with E-state index in [2.05, 4.69) is 5.32 Å². The lowest BCUT2D eigenvalue weighted by atomic mass is 10.1. The van der Waals surface area contributed by atoms with Gasteiger partial charge in [0.2, 0.25) is 0 Å². The molecule has 0 bridgehead atoms. The summed E-state index contributed by atoms with van der Waals surface area (Å²) in [4.78, 5) is 12.3. The second-order valence-corrected chi connectivity index (χ2v) is 5.31. The average molecular weight is 365 g/mol. The van der Waals surface area contributed by atoms with Crippen LogP contribution in [0.5, 0.6) is 5.75 Å². The van der Waals surface area contributed by atoms with Gasteiger partial charge in [0.25, 0.3) is 5.91 Å². The highest BCUT2D eigenvalue weighted by molar-refractivity contribution is 5.94. The Morgan fingerprint density at radius 3 is 2.44 bits per heavy atom. The van der Waals surface area contributed by atoms with Crippen molar-refractivity contribution in [3.8, 4) is 5.75 Å². The van der Waals surface area contributed by atoms with Crippen LogP contribution in [0.3, 0.4) is 0 Å². The van der Waals surface area contributed by atoms with Crippen molar-refractivity contribution < 1.29 is 13.9 Å². The number of carbonyl (C=O) groups excluding carboxylic acids is 1. The van der Waals surface area contributed by atoms with E-state index in [0.717, 1.165) is 5.56 Å². The number of benzene rings is 2. The molecule has 3 N–H and O–H groups in total. The van der Waals surface area contributed by atoms with E-state index in [1.54, 1.807) is 24.3 Å². The maximum Gasteiger partial charge on any atom is 0.251 e. The number of nitrogens with two attached hydrogens (primary N) is 1. The lowest BCUT2D eigenvalue weighted by Gasteiger charge is -2.14. The lowest BCUT2D eigenvalue weighted by molar-refractivity contribution is 0.0940. The minimum absolute atomic E-state index is 0. The fraction of sp³-hybridized carbons (Fsp3) is 0.211. The molecule has 4 nitrogen and oxygen atoms in total. The maximum absolute atomic E-state index is 13.2. The van der Waals surface area contributed by atoms with Crippen LogP contribution in [-0.4, -0.2) is 19.1 Å². The predicted molar refractivity (Wildman–Crippen MR) is 99.8 cm³/mol.